The molecule has 66 valence electrons. The second kappa shape index (κ2) is 5.29. The second-order valence-corrected chi connectivity index (χ2v) is 4.28. The predicted octanol–water partition coefficient (Wildman–Crippen LogP) is 1.65. The van der Waals surface area contributed by atoms with E-state index in [-0.39, 0.29) is 0 Å². The van der Waals surface area contributed by atoms with Gasteiger partial charge in [0.25, 0.3) is 0 Å². The highest BCUT2D eigenvalue weighted by Crippen LogP contribution is 2.13. The number of rotatable bonds is 4. The van der Waals surface area contributed by atoms with Crippen LogP contribution in [0.15, 0.2) is 24.3 Å². The topological polar surface area (TPSA) is 26.0 Å². The van der Waals surface area contributed by atoms with Crippen molar-refractivity contribution in [3.8, 4) is 0 Å². The minimum atomic E-state index is 0.818. The Morgan fingerprint density at radius 3 is 2.75 bits per heavy atom. The molecule has 0 saturated carbocycles. The smallest absolute Gasteiger partial charge is 0.00739 e. The Kier molecular flexibility index (Phi) is 4.27. The zero-order valence-corrected chi connectivity index (χ0v) is 8.51. The SMILES string of the molecule is Cc1ccccc1PCCCN. The molecular weight excluding hydrogens is 165 g/mol. The van der Waals surface area contributed by atoms with E-state index in [9.17, 15) is 0 Å². The summed E-state index contributed by atoms with van der Waals surface area (Å²) in [6.07, 6.45) is 2.38. The summed E-state index contributed by atoms with van der Waals surface area (Å²) in [5.74, 6) is 0. The van der Waals surface area contributed by atoms with Gasteiger partial charge in [0.1, 0.15) is 0 Å². The molecule has 0 aliphatic heterocycles. The summed E-state index contributed by atoms with van der Waals surface area (Å²) >= 11 is 0. The maximum atomic E-state index is 5.44. The third-order valence-electron chi connectivity index (χ3n) is 1.84. The van der Waals surface area contributed by atoms with Gasteiger partial charge in [0.05, 0.1) is 0 Å². The number of aryl methyl sites for hydroxylation is 1. The number of hydrogen-bond acceptors (Lipinski definition) is 1. The highest BCUT2D eigenvalue weighted by atomic mass is 31.1. The van der Waals surface area contributed by atoms with E-state index in [2.05, 4.69) is 31.2 Å². The van der Waals surface area contributed by atoms with Crippen molar-refractivity contribution < 1.29 is 0 Å². The van der Waals surface area contributed by atoms with Crippen LogP contribution in [-0.4, -0.2) is 12.7 Å². The van der Waals surface area contributed by atoms with Gasteiger partial charge in [-0.2, -0.15) is 0 Å². The Bertz CT molecular complexity index is 235. The van der Waals surface area contributed by atoms with E-state index in [1.807, 2.05) is 0 Å². The largest absolute Gasteiger partial charge is 0.330 e. The van der Waals surface area contributed by atoms with Gasteiger partial charge in [0.15, 0.2) is 0 Å². The first kappa shape index (κ1) is 9.70. The van der Waals surface area contributed by atoms with Gasteiger partial charge >= 0.3 is 0 Å². The quantitative estimate of drug-likeness (QED) is 0.554. The Labute approximate surface area is 76.1 Å². The molecule has 0 fully saturated rings. The first-order chi connectivity index (χ1) is 5.84. The van der Waals surface area contributed by atoms with Crippen LogP contribution in [0.3, 0.4) is 0 Å². The molecule has 2 heteroatoms. The second-order valence-electron chi connectivity index (χ2n) is 2.88. The Morgan fingerprint density at radius 2 is 2.08 bits per heavy atom. The summed E-state index contributed by atoms with van der Waals surface area (Å²) in [5.41, 5.74) is 6.85. The van der Waals surface area contributed by atoms with Crippen LogP contribution in [-0.2, 0) is 0 Å². The zero-order valence-electron chi connectivity index (χ0n) is 7.51. The van der Waals surface area contributed by atoms with E-state index >= 15 is 0 Å². The van der Waals surface area contributed by atoms with E-state index < -0.39 is 0 Å². The van der Waals surface area contributed by atoms with Crippen molar-refractivity contribution in [3.05, 3.63) is 29.8 Å². The van der Waals surface area contributed by atoms with Gasteiger partial charge in [-0.3, -0.25) is 0 Å². The van der Waals surface area contributed by atoms with Crippen LogP contribution in [0.25, 0.3) is 0 Å². The molecular formula is C10H16NP. The lowest BCUT2D eigenvalue weighted by Gasteiger charge is -2.03. The molecule has 0 amide bonds. The summed E-state index contributed by atoms with van der Waals surface area (Å²) < 4.78 is 0. The van der Waals surface area contributed by atoms with E-state index in [4.69, 9.17) is 5.73 Å². The van der Waals surface area contributed by atoms with Crippen molar-refractivity contribution in [2.24, 2.45) is 5.73 Å². The molecule has 1 aromatic rings. The van der Waals surface area contributed by atoms with Crippen LogP contribution in [0.2, 0.25) is 0 Å². The van der Waals surface area contributed by atoms with Gasteiger partial charge in [-0.25, -0.2) is 0 Å². The van der Waals surface area contributed by atoms with Crippen LogP contribution in [0, 0.1) is 6.92 Å². The molecule has 0 spiro atoms. The van der Waals surface area contributed by atoms with E-state index in [0.717, 1.165) is 21.5 Å². The maximum absolute atomic E-state index is 5.44. The van der Waals surface area contributed by atoms with Gasteiger partial charge < -0.3 is 5.73 Å². The molecule has 0 aliphatic rings. The molecule has 1 atom stereocenters. The van der Waals surface area contributed by atoms with E-state index in [0.29, 0.717) is 0 Å². The van der Waals surface area contributed by atoms with Gasteiger partial charge in [-0.1, -0.05) is 32.8 Å². The summed E-state index contributed by atoms with van der Waals surface area (Å²) in [7, 11) is 0.930. The van der Waals surface area contributed by atoms with Crippen molar-refractivity contribution in [1.29, 1.82) is 0 Å². The first-order valence-corrected chi connectivity index (χ1v) is 5.55. The molecule has 0 aliphatic carbocycles. The average Bonchev–Trinajstić information content (AvgIpc) is 2.09. The molecule has 2 N–H and O–H groups in total. The maximum Gasteiger partial charge on any atom is -0.00739 e. The Hall–Kier alpha value is -0.390. The fourth-order valence-electron chi connectivity index (χ4n) is 1.10. The fraction of sp³-hybridized carbons (Fsp3) is 0.400. The van der Waals surface area contributed by atoms with Crippen LogP contribution in [0.4, 0.5) is 0 Å². The molecule has 1 rings (SSSR count). The monoisotopic (exact) mass is 181 g/mol. The third kappa shape index (κ3) is 2.92. The lowest BCUT2D eigenvalue weighted by Crippen LogP contribution is -2.03. The fourth-order valence-corrected chi connectivity index (χ4v) is 2.32. The van der Waals surface area contributed by atoms with E-state index in [1.54, 1.807) is 0 Å². The molecule has 1 unspecified atom stereocenters. The zero-order chi connectivity index (χ0) is 8.81. The number of benzene rings is 1. The van der Waals surface area contributed by atoms with Crippen LogP contribution in [0.5, 0.6) is 0 Å². The number of nitrogens with two attached hydrogens (primary N) is 1. The highest BCUT2D eigenvalue weighted by molar-refractivity contribution is 7.47. The minimum Gasteiger partial charge on any atom is -0.330 e. The van der Waals surface area contributed by atoms with Gasteiger partial charge in [0.2, 0.25) is 0 Å². The predicted molar refractivity (Wildman–Crippen MR) is 57.7 cm³/mol. The summed E-state index contributed by atoms with van der Waals surface area (Å²) in [6, 6.07) is 8.58. The molecule has 0 aromatic heterocycles. The van der Waals surface area contributed by atoms with Crippen molar-refractivity contribution in [2.75, 3.05) is 12.7 Å². The lowest BCUT2D eigenvalue weighted by molar-refractivity contribution is 0.942. The van der Waals surface area contributed by atoms with Crippen molar-refractivity contribution in [1.82, 2.24) is 0 Å². The van der Waals surface area contributed by atoms with Crippen molar-refractivity contribution >= 4 is 13.9 Å². The third-order valence-corrected chi connectivity index (χ3v) is 3.39. The van der Waals surface area contributed by atoms with E-state index in [1.165, 1.54) is 17.0 Å². The van der Waals surface area contributed by atoms with Crippen LogP contribution in [0.1, 0.15) is 12.0 Å². The standard InChI is InChI=1S/C10H16NP/c1-9-5-2-3-6-10(9)12-8-4-7-11/h2-3,5-6,12H,4,7-8,11H2,1H3. The van der Waals surface area contributed by atoms with Gasteiger partial charge in [-0.05, 0) is 36.9 Å². The molecule has 1 nitrogen and oxygen atoms in total. The molecule has 12 heavy (non-hydrogen) atoms. The molecule has 0 bridgehead atoms. The summed E-state index contributed by atoms with van der Waals surface area (Å²) in [6.45, 7) is 2.99. The van der Waals surface area contributed by atoms with Crippen molar-refractivity contribution in [3.63, 3.8) is 0 Å². The molecule has 0 radical (unpaired) electrons. The number of hydrogen-bond donors (Lipinski definition) is 1. The van der Waals surface area contributed by atoms with Gasteiger partial charge in [-0.15, -0.1) is 0 Å². The lowest BCUT2D eigenvalue weighted by atomic mass is 10.2. The van der Waals surface area contributed by atoms with Crippen LogP contribution < -0.4 is 11.0 Å². The highest BCUT2D eigenvalue weighted by Gasteiger charge is 1.94. The first-order valence-electron chi connectivity index (χ1n) is 4.34. The minimum absolute atomic E-state index is 0.818. The van der Waals surface area contributed by atoms with Gasteiger partial charge in [0, 0.05) is 0 Å². The normalized spacial score (nSPS) is 11.2. The summed E-state index contributed by atoms with van der Waals surface area (Å²) in [4.78, 5) is 0. The van der Waals surface area contributed by atoms with Crippen LogP contribution >= 0.6 is 8.58 Å². The molecule has 0 heterocycles. The summed E-state index contributed by atoms with van der Waals surface area (Å²) in [5, 5.41) is 1.49. The Morgan fingerprint density at radius 1 is 1.33 bits per heavy atom. The Balaban J connectivity index is 2.46. The molecule has 1 aromatic carbocycles. The average molecular weight is 181 g/mol. The molecule has 0 saturated heterocycles. The van der Waals surface area contributed by atoms with Crippen molar-refractivity contribution in [2.45, 2.75) is 13.3 Å².